The molecule has 0 saturated carbocycles. The minimum atomic E-state index is -3.44. The monoisotopic (exact) mass is 285 g/mol. The number of hydrogen-bond donors (Lipinski definition) is 0. The summed E-state index contributed by atoms with van der Waals surface area (Å²) in [5.41, 5.74) is 1.55. The molecule has 0 fully saturated rings. The van der Waals surface area contributed by atoms with Crippen LogP contribution in [0.5, 0.6) is 0 Å². The third kappa shape index (κ3) is 2.54. The van der Waals surface area contributed by atoms with Crippen LogP contribution in [0.4, 0.5) is 0 Å². The van der Waals surface area contributed by atoms with E-state index in [1.807, 2.05) is 6.92 Å². The highest BCUT2D eigenvalue weighted by atomic mass is 35.5. The number of hydrogen-bond acceptors (Lipinski definition) is 4. The maximum Gasteiger partial charge on any atom is 0.201 e. The van der Waals surface area contributed by atoms with Gasteiger partial charge in [-0.05, 0) is 24.1 Å². The molecule has 0 aliphatic rings. The number of nitrogens with zero attached hydrogens (tertiary/aromatic N) is 3. The van der Waals surface area contributed by atoms with Crippen molar-refractivity contribution in [3.63, 3.8) is 0 Å². The number of sulfone groups is 1. The zero-order valence-corrected chi connectivity index (χ0v) is 11.5. The van der Waals surface area contributed by atoms with Gasteiger partial charge in [0.2, 0.25) is 9.84 Å². The molecule has 0 atom stereocenters. The third-order valence-electron chi connectivity index (χ3n) is 2.57. The Bertz CT molecular complexity index is 679. The van der Waals surface area contributed by atoms with Gasteiger partial charge in [-0.25, -0.2) is 13.1 Å². The van der Waals surface area contributed by atoms with Crippen LogP contribution in [0.15, 0.2) is 29.4 Å². The lowest BCUT2D eigenvalue weighted by molar-refractivity contribution is 0.573. The van der Waals surface area contributed by atoms with E-state index < -0.39 is 9.84 Å². The van der Waals surface area contributed by atoms with Crippen molar-refractivity contribution < 1.29 is 8.42 Å². The predicted molar refractivity (Wildman–Crippen MR) is 68.1 cm³/mol. The van der Waals surface area contributed by atoms with Gasteiger partial charge < -0.3 is 0 Å². The fraction of sp³-hybridized carbons (Fsp3) is 0.273. The van der Waals surface area contributed by atoms with Crippen LogP contribution in [0.1, 0.15) is 11.1 Å². The first-order valence-electron chi connectivity index (χ1n) is 5.22. The summed E-state index contributed by atoms with van der Waals surface area (Å²) < 4.78 is 25.5. The molecule has 18 heavy (non-hydrogen) atoms. The van der Waals surface area contributed by atoms with Gasteiger partial charge in [0.25, 0.3) is 0 Å². The average molecular weight is 286 g/mol. The highest BCUT2D eigenvalue weighted by Crippen LogP contribution is 2.20. The van der Waals surface area contributed by atoms with Gasteiger partial charge in [0, 0.05) is 12.1 Å². The van der Waals surface area contributed by atoms with Crippen LogP contribution in [0.25, 0.3) is 0 Å². The molecule has 96 valence electrons. The van der Waals surface area contributed by atoms with E-state index in [9.17, 15) is 8.42 Å². The molecule has 0 aliphatic carbocycles. The van der Waals surface area contributed by atoms with E-state index in [0.29, 0.717) is 10.6 Å². The quantitative estimate of drug-likeness (QED) is 0.862. The topological polar surface area (TPSA) is 64.8 Å². The highest BCUT2D eigenvalue weighted by Gasteiger charge is 2.20. The second kappa shape index (κ2) is 4.70. The van der Waals surface area contributed by atoms with Crippen LogP contribution in [0.3, 0.4) is 0 Å². The molecule has 5 nitrogen and oxygen atoms in total. The summed E-state index contributed by atoms with van der Waals surface area (Å²) in [6, 6.07) is 5.17. The number of aromatic nitrogens is 3. The molecule has 0 amide bonds. The fourth-order valence-electron chi connectivity index (χ4n) is 1.65. The Morgan fingerprint density at radius 3 is 2.67 bits per heavy atom. The van der Waals surface area contributed by atoms with Crippen molar-refractivity contribution in [3.05, 3.63) is 40.5 Å². The second-order valence-electron chi connectivity index (χ2n) is 4.04. The number of halogens is 1. The van der Waals surface area contributed by atoms with Crippen LogP contribution in [-0.2, 0) is 22.6 Å². The van der Waals surface area contributed by atoms with Gasteiger partial charge in [-0.3, -0.25) is 0 Å². The van der Waals surface area contributed by atoms with Crippen molar-refractivity contribution in [2.75, 3.05) is 0 Å². The van der Waals surface area contributed by atoms with E-state index in [1.54, 1.807) is 25.2 Å². The predicted octanol–water partition coefficient (Wildman–Crippen LogP) is 1.75. The molecule has 1 aromatic heterocycles. The zero-order chi connectivity index (χ0) is 13.3. The Labute approximate surface area is 110 Å². The van der Waals surface area contributed by atoms with E-state index in [-0.39, 0.29) is 10.8 Å². The molecular weight excluding hydrogens is 274 g/mol. The van der Waals surface area contributed by atoms with Gasteiger partial charge in [0.1, 0.15) is 0 Å². The zero-order valence-electron chi connectivity index (χ0n) is 9.96. The molecule has 0 unspecified atom stereocenters. The van der Waals surface area contributed by atoms with Crippen LogP contribution in [0, 0.1) is 6.92 Å². The van der Waals surface area contributed by atoms with Crippen LogP contribution in [0.2, 0.25) is 5.02 Å². The van der Waals surface area contributed by atoms with Crippen LogP contribution in [-0.4, -0.2) is 23.4 Å². The highest BCUT2D eigenvalue weighted by molar-refractivity contribution is 7.90. The fourth-order valence-corrected chi connectivity index (χ4v) is 3.18. The Hall–Kier alpha value is -1.40. The lowest BCUT2D eigenvalue weighted by Crippen LogP contribution is -2.10. The van der Waals surface area contributed by atoms with Gasteiger partial charge in [-0.2, -0.15) is 0 Å². The molecule has 7 heteroatoms. The van der Waals surface area contributed by atoms with Crippen molar-refractivity contribution in [1.82, 2.24) is 15.0 Å². The molecule has 0 spiro atoms. The molecule has 0 bridgehead atoms. The largest absolute Gasteiger partial charge is 0.237 e. The molecule has 0 radical (unpaired) electrons. The Morgan fingerprint density at radius 1 is 1.39 bits per heavy atom. The van der Waals surface area contributed by atoms with Gasteiger partial charge >= 0.3 is 0 Å². The third-order valence-corrected chi connectivity index (χ3v) is 4.71. The first kappa shape index (κ1) is 13.0. The van der Waals surface area contributed by atoms with Crippen LogP contribution < -0.4 is 0 Å². The summed E-state index contributed by atoms with van der Waals surface area (Å²) in [7, 11) is -1.89. The minimum absolute atomic E-state index is 0.0910. The molecule has 0 aliphatic heterocycles. The van der Waals surface area contributed by atoms with Gasteiger partial charge in [-0.1, -0.05) is 28.9 Å². The summed E-state index contributed by atoms with van der Waals surface area (Å²) in [4.78, 5) is 0. The lowest BCUT2D eigenvalue weighted by Gasteiger charge is -2.05. The molecule has 1 heterocycles. The summed E-state index contributed by atoms with van der Waals surface area (Å²) in [6.45, 7) is 1.84. The summed E-state index contributed by atoms with van der Waals surface area (Å²) in [5, 5.41) is 7.93. The van der Waals surface area contributed by atoms with E-state index >= 15 is 0 Å². The molecule has 2 rings (SSSR count). The summed E-state index contributed by atoms with van der Waals surface area (Å²) >= 11 is 5.90. The van der Waals surface area contributed by atoms with Crippen molar-refractivity contribution in [2.24, 2.45) is 7.05 Å². The summed E-state index contributed by atoms with van der Waals surface area (Å²) in [5.74, 6) is -0.0910. The SMILES string of the molecule is Cc1cc(CS(=O)(=O)c2cnnn2C)ccc1Cl. The number of rotatable bonds is 3. The Kier molecular flexibility index (Phi) is 3.41. The molecule has 0 saturated heterocycles. The minimum Gasteiger partial charge on any atom is -0.237 e. The first-order valence-corrected chi connectivity index (χ1v) is 7.25. The van der Waals surface area contributed by atoms with Gasteiger partial charge in [-0.15, -0.1) is 5.10 Å². The normalized spacial score (nSPS) is 11.7. The average Bonchev–Trinajstić information content (AvgIpc) is 2.70. The van der Waals surface area contributed by atoms with E-state index in [2.05, 4.69) is 10.3 Å². The van der Waals surface area contributed by atoms with Crippen molar-refractivity contribution in [1.29, 1.82) is 0 Å². The summed E-state index contributed by atoms with van der Waals surface area (Å²) in [6.07, 6.45) is 1.25. The molecular formula is C11H12ClN3O2S. The van der Waals surface area contributed by atoms with Gasteiger partial charge in [0.15, 0.2) is 5.03 Å². The number of aryl methyl sites for hydroxylation is 2. The van der Waals surface area contributed by atoms with Crippen molar-refractivity contribution >= 4 is 21.4 Å². The molecule has 1 aromatic carbocycles. The van der Waals surface area contributed by atoms with Crippen LogP contribution >= 0.6 is 11.6 Å². The van der Waals surface area contributed by atoms with E-state index in [4.69, 9.17) is 11.6 Å². The lowest BCUT2D eigenvalue weighted by atomic mass is 10.2. The maximum atomic E-state index is 12.1. The Balaban J connectivity index is 2.34. The van der Waals surface area contributed by atoms with E-state index in [1.165, 1.54) is 10.9 Å². The van der Waals surface area contributed by atoms with Crippen molar-refractivity contribution in [3.8, 4) is 0 Å². The molecule has 2 aromatic rings. The number of benzene rings is 1. The van der Waals surface area contributed by atoms with E-state index in [0.717, 1.165) is 5.56 Å². The van der Waals surface area contributed by atoms with Gasteiger partial charge in [0.05, 0.1) is 11.9 Å². The second-order valence-corrected chi connectivity index (χ2v) is 6.38. The Morgan fingerprint density at radius 2 is 2.11 bits per heavy atom. The van der Waals surface area contributed by atoms with Crippen molar-refractivity contribution in [2.45, 2.75) is 17.7 Å². The molecule has 0 N–H and O–H groups in total. The standard InChI is InChI=1S/C11H12ClN3O2S/c1-8-5-9(3-4-10(8)12)7-18(16,17)11-6-13-14-15(11)2/h3-6H,7H2,1-2H3. The smallest absolute Gasteiger partial charge is 0.201 e. The maximum absolute atomic E-state index is 12.1. The first-order chi connectivity index (χ1) is 8.40.